The van der Waals surface area contributed by atoms with Gasteiger partial charge in [-0.25, -0.2) is 4.79 Å². The first-order valence-electron chi connectivity index (χ1n) is 5.72. The molecule has 2 heterocycles. The fourth-order valence-electron chi connectivity index (χ4n) is 2.09. The van der Waals surface area contributed by atoms with Crippen molar-refractivity contribution in [1.29, 1.82) is 0 Å². The lowest BCUT2D eigenvalue weighted by Gasteiger charge is -2.21. The number of likely N-dealkylation sites (tertiary alicyclic amines) is 1. The number of furan rings is 1. The van der Waals surface area contributed by atoms with E-state index in [4.69, 9.17) is 4.42 Å². The zero-order valence-electron chi connectivity index (χ0n) is 10.0. The summed E-state index contributed by atoms with van der Waals surface area (Å²) < 4.78 is 10.0. The summed E-state index contributed by atoms with van der Waals surface area (Å²) in [6.45, 7) is 3.49. The van der Waals surface area contributed by atoms with Crippen LogP contribution in [0.1, 0.15) is 35.7 Å². The molecule has 0 saturated carbocycles. The predicted octanol–water partition coefficient (Wildman–Crippen LogP) is 1.19. The van der Waals surface area contributed by atoms with E-state index in [9.17, 15) is 9.90 Å². The van der Waals surface area contributed by atoms with Crippen LogP contribution in [0.3, 0.4) is 0 Å². The molecule has 1 aliphatic rings. The van der Waals surface area contributed by atoms with Crippen molar-refractivity contribution in [3.63, 3.8) is 0 Å². The molecule has 5 nitrogen and oxygen atoms in total. The number of carbonyl (C=O) groups is 1. The van der Waals surface area contributed by atoms with Crippen molar-refractivity contribution in [2.45, 2.75) is 25.5 Å². The van der Waals surface area contributed by atoms with Gasteiger partial charge in [0.05, 0.1) is 19.3 Å². The average molecular weight is 239 g/mol. The first-order valence-corrected chi connectivity index (χ1v) is 5.72. The second-order valence-corrected chi connectivity index (χ2v) is 4.31. The van der Waals surface area contributed by atoms with E-state index in [0.717, 1.165) is 18.7 Å². The summed E-state index contributed by atoms with van der Waals surface area (Å²) in [5.74, 6) is 0.471. The fraction of sp³-hybridized carbons (Fsp3) is 0.583. The van der Waals surface area contributed by atoms with Gasteiger partial charge in [0.25, 0.3) is 0 Å². The minimum absolute atomic E-state index is 0.0607. The molecule has 5 heteroatoms. The minimum Gasteiger partial charge on any atom is -0.463 e. The third-order valence-corrected chi connectivity index (χ3v) is 3.17. The van der Waals surface area contributed by atoms with Crippen LogP contribution < -0.4 is 0 Å². The monoisotopic (exact) mass is 239 g/mol. The number of hydrogen-bond acceptors (Lipinski definition) is 5. The number of ether oxygens (including phenoxy) is 1. The van der Waals surface area contributed by atoms with Gasteiger partial charge in [-0.2, -0.15) is 0 Å². The highest BCUT2D eigenvalue weighted by Gasteiger charge is 2.27. The van der Waals surface area contributed by atoms with E-state index >= 15 is 0 Å². The largest absolute Gasteiger partial charge is 0.463 e. The number of aliphatic hydroxyl groups is 1. The molecule has 94 valence electrons. The molecule has 0 bridgehead atoms. The maximum atomic E-state index is 11.3. The van der Waals surface area contributed by atoms with E-state index in [1.807, 2.05) is 6.92 Å². The Hall–Kier alpha value is -1.33. The second kappa shape index (κ2) is 4.89. The molecule has 0 aromatic carbocycles. The Balaban J connectivity index is 2.06. The van der Waals surface area contributed by atoms with E-state index in [1.165, 1.54) is 7.11 Å². The third kappa shape index (κ3) is 2.50. The SMILES string of the molecule is COC(=O)c1ccc(C(C)N2CC[C@H](O)C2)o1. The predicted molar refractivity (Wildman–Crippen MR) is 60.7 cm³/mol. The topological polar surface area (TPSA) is 62.9 Å². The molecule has 0 amide bonds. The van der Waals surface area contributed by atoms with Gasteiger partial charge in [0.1, 0.15) is 5.76 Å². The Kier molecular flexibility index (Phi) is 3.49. The number of nitrogens with zero attached hydrogens (tertiary/aromatic N) is 1. The highest BCUT2D eigenvalue weighted by molar-refractivity contribution is 5.86. The molecule has 1 aromatic rings. The van der Waals surface area contributed by atoms with Gasteiger partial charge in [0.15, 0.2) is 0 Å². The van der Waals surface area contributed by atoms with E-state index < -0.39 is 5.97 Å². The van der Waals surface area contributed by atoms with Crippen LogP contribution in [0.5, 0.6) is 0 Å². The van der Waals surface area contributed by atoms with Crippen molar-refractivity contribution in [3.05, 3.63) is 23.7 Å². The maximum absolute atomic E-state index is 11.3. The van der Waals surface area contributed by atoms with Crippen LogP contribution >= 0.6 is 0 Å². The van der Waals surface area contributed by atoms with Gasteiger partial charge in [0, 0.05) is 13.1 Å². The molecular weight excluding hydrogens is 222 g/mol. The van der Waals surface area contributed by atoms with Crippen molar-refractivity contribution >= 4 is 5.97 Å². The van der Waals surface area contributed by atoms with E-state index in [2.05, 4.69) is 9.64 Å². The van der Waals surface area contributed by atoms with Crippen molar-refractivity contribution < 1.29 is 19.1 Å². The molecule has 1 unspecified atom stereocenters. The molecule has 2 atom stereocenters. The van der Waals surface area contributed by atoms with Crippen LogP contribution in [0, 0.1) is 0 Å². The van der Waals surface area contributed by atoms with Crippen LogP contribution in [0.15, 0.2) is 16.5 Å². The molecule has 0 radical (unpaired) electrons. The third-order valence-electron chi connectivity index (χ3n) is 3.17. The van der Waals surface area contributed by atoms with Gasteiger partial charge in [0.2, 0.25) is 5.76 Å². The first-order chi connectivity index (χ1) is 8.11. The van der Waals surface area contributed by atoms with Gasteiger partial charge in [-0.3, -0.25) is 4.90 Å². The summed E-state index contributed by atoms with van der Waals surface area (Å²) in [7, 11) is 1.32. The normalized spacial score (nSPS) is 22.6. The number of rotatable bonds is 3. The lowest BCUT2D eigenvalue weighted by atomic mass is 10.2. The molecule has 1 aliphatic heterocycles. The van der Waals surface area contributed by atoms with E-state index in [-0.39, 0.29) is 17.9 Å². The summed E-state index contributed by atoms with van der Waals surface area (Å²) >= 11 is 0. The second-order valence-electron chi connectivity index (χ2n) is 4.31. The summed E-state index contributed by atoms with van der Waals surface area (Å²) in [6.07, 6.45) is 0.530. The number of carbonyl (C=O) groups excluding carboxylic acids is 1. The number of esters is 1. The quantitative estimate of drug-likeness (QED) is 0.803. The molecule has 0 aliphatic carbocycles. The molecular formula is C12H17NO4. The Labute approximate surface area is 100.0 Å². The summed E-state index contributed by atoms with van der Waals surface area (Å²) in [4.78, 5) is 13.4. The summed E-state index contributed by atoms with van der Waals surface area (Å²) in [6, 6.07) is 3.46. The molecule has 17 heavy (non-hydrogen) atoms. The van der Waals surface area contributed by atoms with Crippen LogP contribution in [-0.4, -0.2) is 42.3 Å². The van der Waals surface area contributed by atoms with Gasteiger partial charge < -0.3 is 14.3 Å². The molecule has 1 saturated heterocycles. The standard InChI is InChI=1S/C12H17NO4/c1-8(13-6-5-9(14)7-13)10-3-4-11(17-10)12(15)16-2/h3-4,8-9,14H,5-7H2,1-2H3/t8?,9-/m0/s1. The Morgan fingerprint density at radius 1 is 1.65 bits per heavy atom. The lowest BCUT2D eigenvalue weighted by molar-refractivity contribution is 0.0559. The highest BCUT2D eigenvalue weighted by Crippen LogP contribution is 2.26. The maximum Gasteiger partial charge on any atom is 0.373 e. The van der Waals surface area contributed by atoms with Gasteiger partial charge >= 0.3 is 5.97 Å². The van der Waals surface area contributed by atoms with Gasteiger partial charge in [-0.1, -0.05) is 0 Å². The smallest absolute Gasteiger partial charge is 0.373 e. The lowest BCUT2D eigenvalue weighted by Crippen LogP contribution is -2.25. The van der Waals surface area contributed by atoms with Crippen molar-refractivity contribution in [2.75, 3.05) is 20.2 Å². The fourth-order valence-corrected chi connectivity index (χ4v) is 2.09. The van der Waals surface area contributed by atoms with Crippen LogP contribution in [0.4, 0.5) is 0 Å². The van der Waals surface area contributed by atoms with Crippen molar-refractivity contribution in [2.24, 2.45) is 0 Å². The summed E-state index contributed by atoms with van der Waals surface area (Å²) in [5, 5.41) is 9.48. The Bertz CT molecular complexity index is 401. The van der Waals surface area contributed by atoms with Crippen LogP contribution in [-0.2, 0) is 4.74 Å². The molecule has 1 aromatic heterocycles. The zero-order valence-corrected chi connectivity index (χ0v) is 10.0. The minimum atomic E-state index is -0.468. The molecule has 1 N–H and O–H groups in total. The first kappa shape index (κ1) is 12.1. The number of methoxy groups -OCH3 is 1. The van der Waals surface area contributed by atoms with Crippen molar-refractivity contribution in [1.82, 2.24) is 4.90 Å². The van der Waals surface area contributed by atoms with Crippen LogP contribution in [0.25, 0.3) is 0 Å². The average Bonchev–Trinajstić information content (AvgIpc) is 2.95. The van der Waals surface area contributed by atoms with E-state index in [1.54, 1.807) is 12.1 Å². The van der Waals surface area contributed by atoms with Crippen molar-refractivity contribution in [3.8, 4) is 0 Å². The highest BCUT2D eigenvalue weighted by atomic mass is 16.5. The zero-order chi connectivity index (χ0) is 12.4. The molecule has 2 rings (SSSR count). The Morgan fingerprint density at radius 3 is 3.00 bits per heavy atom. The molecule has 0 spiro atoms. The number of aliphatic hydroxyl groups excluding tert-OH is 1. The summed E-state index contributed by atoms with van der Waals surface area (Å²) in [5.41, 5.74) is 0. The number of β-amino-alcohol motifs (C(OH)–C–C–N with tert-alkyl or cyclic N) is 1. The Morgan fingerprint density at radius 2 is 2.41 bits per heavy atom. The van der Waals surface area contributed by atoms with E-state index in [0.29, 0.717) is 6.54 Å². The van der Waals surface area contributed by atoms with Gasteiger partial charge in [-0.05, 0) is 25.5 Å². The number of hydrogen-bond donors (Lipinski definition) is 1. The van der Waals surface area contributed by atoms with Crippen LogP contribution in [0.2, 0.25) is 0 Å². The van der Waals surface area contributed by atoms with Gasteiger partial charge in [-0.15, -0.1) is 0 Å². The molecule has 1 fully saturated rings.